The molecule has 1 aromatic rings. The van der Waals surface area contributed by atoms with Crippen molar-refractivity contribution in [2.45, 2.75) is 18.9 Å². The Balaban J connectivity index is 1.80. The first-order valence-corrected chi connectivity index (χ1v) is 6.01. The molecule has 0 atom stereocenters. The molecule has 1 aromatic carbocycles. The van der Waals surface area contributed by atoms with E-state index < -0.39 is 0 Å². The van der Waals surface area contributed by atoms with Crippen LogP contribution in [0.1, 0.15) is 23.2 Å². The highest BCUT2D eigenvalue weighted by atomic mass is 16.2. The summed E-state index contributed by atoms with van der Waals surface area (Å²) in [6.45, 7) is 2.00. The lowest BCUT2D eigenvalue weighted by Gasteiger charge is -2.38. The Labute approximate surface area is 100 Å². The molecule has 2 aliphatic heterocycles. The maximum absolute atomic E-state index is 11.9. The predicted molar refractivity (Wildman–Crippen MR) is 65.3 cm³/mol. The van der Waals surface area contributed by atoms with Crippen LogP contribution in [0.4, 0.5) is 5.69 Å². The van der Waals surface area contributed by atoms with Gasteiger partial charge in [-0.3, -0.25) is 10.2 Å². The fourth-order valence-electron chi connectivity index (χ4n) is 2.35. The van der Waals surface area contributed by atoms with E-state index in [2.05, 4.69) is 16.2 Å². The van der Waals surface area contributed by atoms with Crippen molar-refractivity contribution in [3.05, 3.63) is 29.8 Å². The predicted octanol–water partition coefficient (Wildman–Crippen LogP) is 0.726. The molecule has 1 fully saturated rings. The summed E-state index contributed by atoms with van der Waals surface area (Å²) < 4.78 is 0. The number of fused-ring (bicyclic) bond motifs is 1. The zero-order valence-corrected chi connectivity index (χ0v) is 9.57. The molecule has 0 aliphatic carbocycles. The number of nitrogens with zero attached hydrogens (tertiary/aromatic N) is 1. The van der Waals surface area contributed by atoms with Gasteiger partial charge in [0.2, 0.25) is 0 Å². The molecule has 1 amide bonds. The van der Waals surface area contributed by atoms with E-state index in [1.54, 1.807) is 0 Å². The van der Waals surface area contributed by atoms with Gasteiger partial charge in [0, 0.05) is 0 Å². The number of hydrogen-bond acceptors (Lipinski definition) is 4. The minimum Gasteiger partial charge on any atom is -0.317 e. The molecule has 2 heterocycles. The van der Waals surface area contributed by atoms with Crippen molar-refractivity contribution in [2.75, 3.05) is 18.5 Å². The molecular weight excluding hydrogens is 216 g/mol. The second kappa shape index (κ2) is 4.35. The number of hydrazine groups is 2. The van der Waals surface area contributed by atoms with E-state index >= 15 is 0 Å². The van der Waals surface area contributed by atoms with Crippen LogP contribution in [-0.2, 0) is 0 Å². The number of hydrogen-bond donors (Lipinski definition) is 3. The van der Waals surface area contributed by atoms with Crippen molar-refractivity contribution < 1.29 is 4.79 Å². The summed E-state index contributed by atoms with van der Waals surface area (Å²) in [5.41, 5.74) is 7.76. The summed E-state index contributed by atoms with van der Waals surface area (Å²) in [5.74, 6) is -0.0297. The van der Waals surface area contributed by atoms with E-state index in [-0.39, 0.29) is 5.91 Å². The Kier molecular flexibility index (Phi) is 2.70. The second-order valence-corrected chi connectivity index (χ2v) is 4.45. The SMILES string of the molecule is O=C1NN(C2CCNCC2)Nc2ccccc21. The number of benzene rings is 1. The molecule has 17 heavy (non-hydrogen) atoms. The third kappa shape index (κ3) is 1.99. The Morgan fingerprint density at radius 3 is 2.71 bits per heavy atom. The van der Waals surface area contributed by atoms with Crippen LogP contribution < -0.4 is 16.2 Å². The van der Waals surface area contributed by atoms with Crippen LogP contribution in [0.3, 0.4) is 0 Å². The topological polar surface area (TPSA) is 56.4 Å². The van der Waals surface area contributed by atoms with Crippen LogP contribution in [0.2, 0.25) is 0 Å². The fraction of sp³-hybridized carbons (Fsp3) is 0.417. The van der Waals surface area contributed by atoms with Gasteiger partial charge < -0.3 is 10.7 Å². The van der Waals surface area contributed by atoms with Crippen LogP contribution in [0.25, 0.3) is 0 Å². The zero-order chi connectivity index (χ0) is 11.7. The number of carbonyl (C=O) groups excluding carboxylic acids is 1. The lowest BCUT2D eigenvalue weighted by atomic mass is 10.1. The van der Waals surface area contributed by atoms with Gasteiger partial charge in [-0.15, -0.1) is 5.12 Å². The van der Waals surface area contributed by atoms with E-state index in [1.165, 1.54) is 0 Å². The maximum Gasteiger partial charge on any atom is 0.269 e. The molecule has 5 heteroatoms. The molecule has 0 aromatic heterocycles. The molecule has 0 saturated carbocycles. The summed E-state index contributed by atoms with van der Waals surface area (Å²) in [6.07, 6.45) is 2.07. The first-order chi connectivity index (χ1) is 8.34. The lowest BCUT2D eigenvalue weighted by Crippen LogP contribution is -2.57. The van der Waals surface area contributed by atoms with E-state index in [1.807, 2.05) is 29.4 Å². The second-order valence-electron chi connectivity index (χ2n) is 4.45. The monoisotopic (exact) mass is 232 g/mol. The largest absolute Gasteiger partial charge is 0.317 e. The minimum atomic E-state index is -0.0297. The summed E-state index contributed by atoms with van der Waals surface area (Å²) in [4.78, 5) is 11.9. The van der Waals surface area contributed by atoms with E-state index in [0.717, 1.165) is 31.6 Å². The fourth-order valence-corrected chi connectivity index (χ4v) is 2.35. The number of nitrogens with one attached hydrogen (secondary N) is 3. The third-order valence-corrected chi connectivity index (χ3v) is 3.31. The van der Waals surface area contributed by atoms with Crippen molar-refractivity contribution in [1.29, 1.82) is 0 Å². The average Bonchev–Trinajstić information content (AvgIpc) is 2.40. The Hall–Kier alpha value is -1.59. The highest BCUT2D eigenvalue weighted by molar-refractivity contribution is 6.00. The van der Waals surface area contributed by atoms with Crippen LogP contribution in [0.15, 0.2) is 24.3 Å². The molecule has 5 nitrogen and oxygen atoms in total. The van der Waals surface area contributed by atoms with Crippen molar-refractivity contribution >= 4 is 11.6 Å². The van der Waals surface area contributed by atoms with Gasteiger partial charge in [-0.2, -0.15) is 0 Å². The number of para-hydroxylation sites is 1. The molecule has 0 spiro atoms. The van der Waals surface area contributed by atoms with Gasteiger partial charge in [0.1, 0.15) is 0 Å². The molecule has 3 rings (SSSR count). The third-order valence-electron chi connectivity index (χ3n) is 3.31. The van der Waals surface area contributed by atoms with Crippen LogP contribution in [0.5, 0.6) is 0 Å². The van der Waals surface area contributed by atoms with Gasteiger partial charge in [0.25, 0.3) is 5.91 Å². The first kappa shape index (κ1) is 10.6. The highest BCUT2D eigenvalue weighted by Crippen LogP contribution is 2.21. The van der Waals surface area contributed by atoms with Crippen LogP contribution in [-0.4, -0.2) is 30.2 Å². The quantitative estimate of drug-likeness (QED) is 0.668. The van der Waals surface area contributed by atoms with Gasteiger partial charge in [0.05, 0.1) is 17.3 Å². The molecule has 90 valence electrons. The van der Waals surface area contributed by atoms with Gasteiger partial charge in [-0.25, -0.2) is 0 Å². The number of piperidine rings is 1. The summed E-state index contributed by atoms with van der Waals surface area (Å²) in [7, 11) is 0. The molecule has 2 aliphatic rings. The summed E-state index contributed by atoms with van der Waals surface area (Å²) >= 11 is 0. The molecule has 0 bridgehead atoms. The van der Waals surface area contributed by atoms with Crippen LogP contribution in [0, 0.1) is 0 Å². The van der Waals surface area contributed by atoms with Crippen molar-refractivity contribution in [3.8, 4) is 0 Å². The molecule has 3 N–H and O–H groups in total. The number of anilines is 1. The Bertz CT molecular complexity index is 428. The van der Waals surface area contributed by atoms with Gasteiger partial charge in [-0.1, -0.05) is 12.1 Å². The van der Waals surface area contributed by atoms with Gasteiger partial charge in [0.15, 0.2) is 0 Å². The van der Waals surface area contributed by atoms with Crippen molar-refractivity contribution in [3.63, 3.8) is 0 Å². The van der Waals surface area contributed by atoms with Gasteiger partial charge in [-0.05, 0) is 38.1 Å². The van der Waals surface area contributed by atoms with E-state index in [0.29, 0.717) is 11.6 Å². The normalized spacial score (nSPS) is 21.5. The van der Waals surface area contributed by atoms with E-state index in [4.69, 9.17) is 0 Å². The van der Waals surface area contributed by atoms with E-state index in [9.17, 15) is 4.79 Å². The Morgan fingerprint density at radius 2 is 1.88 bits per heavy atom. The van der Waals surface area contributed by atoms with Crippen molar-refractivity contribution in [1.82, 2.24) is 15.9 Å². The molecule has 1 saturated heterocycles. The highest BCUT2D eigenvalue weighted by Gasteiger charge is 2.28. The first-order valence-electron chi connectivity index (χ1n) is 6.01. The molecule has 0 unspecified atom stereocenters. The summed E-state index contributed by atoms with van der Waals surface area (Å²) in [5, 5.41) is 5.17. The lowest BCUT2D eigenvalue weighted by molar-refractivity contribution is 0.0686. The summed E-state index contributed by atoms with van der Waals surface area (Å²) in [6, 6.07) is 7.93. The number of amides is 1. The van der Waals surface area contributed by atoms with Gasteiger partial charge >= 0.3 is 0 Å². The smallest absolute Gasteiger partial charge is 0.269 e. The van der Waals surface area contributed by atoms with Crippen LogP contribution >= 0.6 is 0 Å². The molecule has 0 radical (unpaired) electrons. The zero-order valence-electron chi connectivity index (χ0n) is 9.57. The molecular formula is C12H16N4O. The number of rotatable bonds is 1. The average molecular weight is 232 g/mol. The van der Waals surface area contributed by atoms with Crippen molar-refractivity contribution in [2.24, 2.45) is 0 Å². The standard InChI is InChI=1S/C12H16N4O/c17-12-10-3-1-2-4-11(10)14-16(15-12)9-5-7-13-8-6-9/h1-4,9,13-14H,5-8H2,(H,15,17). The maximum atomic E-state index is 11.9. The number of carbonyl (C=O) groups is 1. The minimum absolute atomic E-state index is 0.0297. The Morgan fingerprint density at radius 1 is 1.12 bits per heavy atom.